The monoisotopic (exact) mass is 489 g/mol. The number of hydrogen-bond donors (Lipinski definition) is 1. The molecule has 0 radical (unpaired) electrons. The summed E-state index contributed by atoms with van der Waals surface area (Å²) in [6.07, 6.45) is -0.229. The zero-order valence-corrected chi connectivity index (χ0v) is 19.1. The van der Waals surface area contributed by atoms with E-state index in [1.54, 1.807) is 11.9 Å². The van der Waals surface area contributed by atoms with Crippen molar-refractivity contribution in [1.29, 1.82) is 0 Å². The van der Waals surface area contributed by atoms with Gasteiger partial charge in [-0.15, -0.1) is 24.0 Å². The minimum absolute atomic E-state index is 0. The first kappa shape index (κ1) is 23.5. The number of guanidine groups is 1. The highest BCUT2D eigenvalue weighted by Crippen LogP contribution is 2.08. The van der Waals surface area contributed by atoms with Gasteiger partial charge < -0.3 is 24.8 Å². The van der Waals surface area contributed by atoms with Crippen molar-refractivity contribution in [3.05, 3.63) is 35.4 Å². The average Bonchev–Trinajstić information content (AvgIpc) is 2.63. The molecule has 2 rings (SSSR count). The molecule has 7 nitrogen and oxygen atoms in total. The van der Waals surface area contributed by atoms with Gasteiger partial charge in [-0.2, -0.15) is 0 Å². The van der Waals surface area contributed by atoms with E-state index in [-0.39, 0.29) is 30.1 Å². The highest BCUT2D eigenvalue weighted by atomic mass is 127. The van der Waals surface area contributed by atoms with Gasteiger partial charge in [0.2, 0.25) is 0 Å². The normalized spacial score (nSPS) is 14.8. The van der Waals surface area contributed by atoms with E-state index in [1.807, 2.05) is 6.92 Å². The van der Waals surface area contributed by atoms with Gasteiger partial charge in [0.1, 0.15) is 0 Å². The van der Waals surface area contributed by atoms with Gasteiger partial charge in [-0.05, 0) is 32.1 Å². The topological polar surface area (TPSA) is 60.4 Å². The zero-order valence-electron chi connectivity index (χ0n) is 16.8. The number of rotatable bonds is 5. The smallest absolute Gasteiger partial charge is 0.409 e. The second-order valence-electron chi connectivity index (χ2n) is 6.63. The second kappa shape index (κ2) is 12.0. The van der Waals surface area contributed by atoms with Crippen LogP contribution in [0, 0.1) is 0 Å². The van der Waals surface area contributed by atoms with Crippen LogP contribution in [0.15, 0.2) is 29.3 Å². The summed E-state index contributed by atoms with van der Waals surface area (Å²) in [5, 5.41) is 3.43. The maximum absolute atomic E-state index is 11.8. The highest BCUT2D eigenvalue weighted by Gasteiger charge is 2.23. The Morgan fingerprint density at radius 3 is 2.41 bits per heavy atom. The van der Waals surface area contributed by atoms with Crippen LogP contribution in [0.3, 0.4) is 0 Å². The van der Waals surface area contributed by atoms with Crippen LogP contribution in [0.4, 0.5) is 4.79 Å². The number of aliphatic imine (C=N–C) groups is 1. The molecule has 0 aromatic heterocycles. The molecule has 1 heterocycles. The molecule has 1 N–H and O–H groups in total. The predicted molar refractivity (Wildman–Crippen MR) is 120 cm³/mol. The van der Waals surface area contributed by atoms with Crippen molar-refractivity contribution in [3.63, 3.8) is 0 Å². The van der Waals surface area contributed by atoms with Crippen LogP contribution in [0.5, 0.6) is 0 Å². The quantitative estimate of drug-likeness (QED) is 0.391. The maximum atomic E-state index is 11.8. The first-order valence-electron chi connectivity index (χ1n) is 9.13. The Morgan fingerprint density at radius 1 is 1.19 bits per heavy atom. The lowest BCUT2D eigenvalue weighted by Crippen LogP contribution is -2.53. The molecule has 0 bridgehead atoms. The Hall–Kier alpha value is -1.55. The number of ether oxygens (including phenoxy) is 1. The van der Waals surface area contributed by atoms with Crippen LogP contribution in [-0.2, 0) is 17.8 Å². The molecule has 0 atom stereocenters. The molecule has 1 aromatic rings. The first-order chi connectivity index (χ1) is 12.5. The van der Waals surface area contributed by atoms with Crippen molar-refractivity contribution >= 4 is 36.0 Å². The van der Waals surface area contributed by atoms with Crippen molar-refractivity contribution in [2.45, 2.75) is 20.0 Å². The number of nitrogens with zero attached hydrogens (tertiary/aromatic N) is 4. The van der Waals surface area contributed by atoms with E-state index in [1.165, 1.54) is 11.1 Å². The Balaban J connectivity index is 0.00000364. The number of carbonyl (C=O) groups is 1. The lowest BCUT2D eigenvalue weighted by Gasteiger charge is -2.35. The van der Waals surface area contributed by atoms with Crippen molar-refractivity contribution in [2.75, 3.05) is 53.9 Å². The number of amides is 1. The van der Waals surface area contributed by atoms with Gasteiger partial charge >= 0.3 is 6.09 Å². The Kier molecular flexibility index (Phi) is 10.5. The number of benzene rings is 1. The number of nitrogens with one attached hydrogen (secondary N) is 1. The van der Waals surface area contributed by atoms with E-state index >= 15 is 0 Å². The van der Waals surface area contributed by atoms with Gasteiger partial charge in [0, 0.05) is 46.3 Å². The van der Waals surface area contributed by atoms with Crippen molar-refractivity contribution < 1.29 is 9.53 Å². The fourth-order valence-corrected chi connectivity index (χ4v) is 3.03. The first-order valence-corrected chi connectivity index (χ1v) is 9.13. The van der Waals surface area contributed by atoms with Gasteiger partial charge in [-0.25, -0.2) is 4.79 Å². The Bertz CT molecular complexity index is 616. The number of hydrogen-bond acceptors (Lipinski definition) is 4. The summed E-state index contributed by atoms with van der Waals surface area (Å²) in [4.78, 5) is 22.3. The summed E-state index contributed by atoms with van der Waals surface area (Å²) in [6.45, 7) is 6.70. The van der Waals surface area contributed by atoms with E-state index in [0.29, 0.717) is 19.7 Å². The summed E-state index contributed by atoms with van der Waals surface area (Å²) in [5.74, 6) is 0.867. The van der Waals surface area contributed by atoms with Crippen molar-refractivity contribution in [3.8, 4) is 0 Å². The maximum Gasteiger partial charge on any atom is 0.409 e. The SMILES string of the molecule is CCOC(=O)N1CCN(C(=NC)NCc2cccc(CN(C)C)c2)CC1.I. The van der Waals surface area contributed by atoms with Gasteiger partial charge in [0.25, 0.3) is 0 Å². The summed E-state index contributed by atoms with van der Waals surface area (Å²) >= 11 is 0. The Labute approximate surface area is 179 Å². The van der Waals surface area contributed by atoms with Crippen molar-refractivity contribution in [2.24, 2.45) is 4.99 Å². The third-order valence-electron chi connectivity index (χ3n) is 4.26. The lowest BCUT2D eigenvalue weighted by atomic mass is 10.1. The van der Waals surface area contributed by atoms with Crippen LogP contribution in [0.2, 0.25) is 0 Å². The van der Waals surface area contributed by atoms with Crippen molar-refractivity contribution in [1.82, 2.24) is 20.0 Å². The van der Waals surface area contributed by atoms with E-state index in [4.69, 9.17) is 4.74 Å². The molecule has 0 aliphatic carbocycles. The molecular formula is C19H32IN5O2. The van der Waals surface area contributed by atoms with Gasteiger partial charge in [0.15, 0.2) is 5.96 Å². The molecule has 27 heavy (non-hydrogen) atoms. The van der Waals surface area contributed by atoms with Gasteiger partial charge in [0.05, 0.1) is 6.61 Å². The zero-order chi connectivity index (χ0) is 18.9. The molecular weight excluding hydrogens is 457 g/mol. The van der Waals surface area contributed by atoms with Crippen LogP contribution in [0.1, 0.15) is 18.1 Å². The Morgan fingerprint density at radius 2 is 1.81 bits per heavy atom. The van der Waals surface area contributed by atoms with Gasteiger partial charge in [-0.3, -0.25) is 4.99 Å². The van der Waals surface area contributed by atoms with Crippen LogP contribution in [-0.4, -0.2) is 80.7 Å². The number of piperazine rings is 1. The fourth-order valence-electron chi connectivity index (χ4n) is 3.03. The summed E-state index contributed by atoms with van der Waals surface area (Å²) in [7, 11) is 5.94. The molecule has 0 spiro atoms. The average molecular weight is 489 g/mol. The molecule has 1 saturated heterocycles. The minimum Gasteiger partial charge on any atom is -0.450 e. The fraction of sp³-hybridized carbons (Fsp3) is 0.579. The number of carbonyl (C=O) groups excluding carboxylic acids is 1. The van der Waals surface area contributed by atoms with E-state index < -0.39 is 0 Å². The largest absolute Gasteiger partial charge is 0.450 e. The molecule has 1 aliphatic heterocycles. The molecule has 0 saturated carbocycles. The van der Waals surface area contributed by atoms with Crippen LogP contribution in [0.25, 0.3) is 0 Å². The minimum atomic E-state index is -0.229. The summed E-state index contributed by atoms with van der Waals surface area (Å²) in [6, 6.07) is 8.58. The summed E-state index contributed by atoms with van der Waals surface area (Å²) in [5.41, 5.74) is 2.53. The third-order valence-corrected chi connectivity index (χ3v) is 4.26. The molecule has 0 unspecified atom stereocenters. The third kappa shape index (κ3) is 7.53. The predicted octanol–water partition coefficient (Wildman–Crippen LogP) is 2.22. The molecule has 1 fully saturated rings. The molecule has 1 amide bonds. The van der Waals surface area contributed by atoms with Crippen LogP contribution >= 0.6 is 24.0 Å². The standard InChI is InChI=1S/C19H31N5O2.HI/c1-5-26-19(25)24-11-9-23(10-12-24)18(20-2)21-14-16-7-6-8-17(13-16)15-22(3)4;/h6-8,13H,5,9-12,14-15H2,1-4H3,(H,20,21);1H. The van der Waals surface area contributed by atoms with Crippen LogP contribution < -0.4 is 5.32 Å². The highest BCUT2D eigenvalue weighted by molar-refractivity contribution is 14.0. The molecule has 1 aliphatic rings. The van der Waals surface area contributed by atoms with Gasteiger partial charge in [-0.1, -0.05) is 24.3 Å². The molecule has 8 heteroatoms. The molecule has 152 valence electrons. The van der Waals surface area contributed by atoms with E-state index in [9.17, 15) is 4.79 Å². The lowest BCUT2D eigenvalue weighted by molar-refractivity contribution is 0.0914. The van der Waals surface area contributed by atoms with E-state index in [2.05, 4.69) is 58.5 Å². The summed E-state index contributed by atoms with van der Waals surface area (Å²) < 4.78 is 5.07. The van der Waals surface area contributed by atoms with E-state index in [0.717, 1.165) is 32.1 Å². The second-order valence-corrected chi connectivity index (χ2v) is 6.63. The molecule has 1 aromatic carbocycles. The number of halogens is 1.